The highest BCUT2D eigenvalue weighted by atomic mass is 32.1. The van der Waals surface area contributed by atoms with Gasteiger partial charge in [-0.05, 0) is 38.3 Å². The summed E-state index contributed by atoms with van der Waals surface area (Å²) in [5.74, 6) is 0.888. The number of benzene rings is 1. The van der Waals surface area contributed by atoms with Crippen molar-refractivity contribution in [2.75, 3.05) is 6.61 Å². The molecule has 4 rings (SSSR count). The summed E-state index contributed by atoms with van der Waals surface area (Å²) < 4.78 is 7.13. The lowest BCUT2D eigenvalue weighted by Crippen LogP contribution is -2.25. The summed E-state index contributed by atoms with van der Waals surface area (Å²) >= 11 is 1.54. The van der Waals surface area contributed by atoms with E-state index in [0.717, 1.165) is 32.8 Å². The maximum absolute atomic E-state index is 13.6. The molecule has 0 aliphatic carbocycles. The average molecular weight is 436 g/mol. The van der Waals surface area contributed by atoms with E-state index in [2.05, 4.69) is 4.98 Å². The van der Waals surface area contributed by atoms with E-state index < -0.39 is 0 Å². The molecular weight excluding hydrogens is 410 g/mol. The molecule has 0 aliphatic heterocycles. The standard InChI is InChI=1S/C24H25N3O3S/c1-5-10-30-20-12-25-17(11-19(20)28)13-27-22(18-9-7-6-8-14(18)2)26-23-21(24(27)29)15(3)16(4)31-23/h6-9,11-12H,5,10,13H2,1-4H3,(H,25,28). The largest absolute Gasteiger partial charge is 0.488 e. The fourth-order valence-electron chi connectivity index (χ4n) is 3.59. The van der Waals surface area contributed by atoms with Gasteiger partial charge in [-0.2, -0.15) is 0 Å². The van der Waals surface area contributed by atoms with Gasteiger partial charge in [0.1, 0.15) is 10.7 Å². The lowest BCUT2D eigenvalue weighted by atomic mass is 10.1. The number of hydrogen-bond acceptors (Lipinski definition) is 5. The molecule has 0 spiro atoms. The molecule has 6 nitrogen and oxygen atoms in total. The molecular formula is C24H25N3O3S. The molecule has 0 amide bonds. The van der Waals surface area contributed by atoms with E-state index in [-0.39, 0.29) is 23.3 Å². The summed E-state index contributed by atoms with van der Waals surface area (Å²) in [7, 11) is 0. The van der Waals surface area contributed by atoms with E-state index in [1.165, 1.54) is 17.4 Å². The molecule has 0 atom stereocenters. The number of H-pyrrole nitrogens is 1. The third-order valence-corrected chi connectivity index (χ3v) is 6.50. The van der Waals surface area contributed by atoms with Crippen LogP contribution >= 0.6 is 11.3 Å². The van der Waals surface area contributed by atoms with Crippen LogP contribution in [0.15, 0.2) is 46.1 Å². The first-order valence-corrected chi connectivity index (χ1v) is 11.1. The molecule has 31 heavy (non-hydrogen) atoms. The van der Waals surface area contributed by atoms with Crippen LogP contribution in [0.25, 0.3) is 21.6 Å². The SMILES string of the molecule is CCCOc1c[nH]c(Cn2c(-c3ccccc3C)nc3sc(C)c(C)c3c2=O)cc1=O. The van der Waals surface area contributed by atoms with E-state index in [9.17, 15) is 9.59 Å². The van der Waals surface area contributed by atoms with Crippen molar-refractivity contribution in [2.45, 2.75) is 40.7 Å². The fraction of sp³-hybridized carbons (Fsp3) is 0.292. The van der Waals surface area contributed by atoms with Crippen LogP contribution in [0, 0.1) is 20.8 Å². The number of aromatic nitrogens is 3. The van der Waals surface area contributed by atoms with Crippen LogP contribution in [-0.4, -0.2) is 21.1 Å². The van der Waals surface area contributed by atoms with Crippen LogP contribution < -0.4 is 15.7 Å². The Morgan fingerprint density at radius 2 is 1.94 bits per heavy atom. The van der Waals surface area contributed by atoms with Gasteiger partial charge in [0.2, 0.25) is 5.43 Å². The second-order valence-electron chi connectivity index (χ2n) is 7.64. The summed E-state index contributed by atoms with van der Waals surface area (Å²) in [6, 6.07) is 9.37. The number of aryl methyl sites for hydroxylation is 3. The molecule has 3 aromatic heterocycles. The van der Waals surface area contributed by atoms with Gasteiger partial charge in [-0.25, -0.2) is 4.98 Å². The van der Waals surface area contributed by atoms with Crippen LogP contribution in [0.2, 0.25) is 0 Å². The van der Waals surface area contributed by atoms with Gasteiger partial charge in [0.05, 0.1) is 18.5 Å². The van der Waals surface area contributed by atoms with Gasteiger partial charge in [-0.15, -0.1) is 11.3 Å². The van der Waals surface area contributed by atoms with Gasteiger partial charge < -0.3 is 9.72 Å². The Morgan fingerprint density at radius 1 is 1.16 bits per heavy atom. The summed E-state index contributed by atoms with van der Waals surface area (Å²) in [5, 5.41) is 0.644. The third kappa shape index (κ3) is 3.93. The van der Waals surface area contributed by atoms with E-state index in [1.807, 2.05) is 52.0 Å². The minimum absolute atomic E-state index is 0.0998. The van der Waals surface area contributed by atoms with Crippen molar-refractivity contribution in [3.05, 3.63) is 78.8 Å². The quantitative estimate of drug-likeness (QED) is 0.481. The van der Waals surface area contributed by atoms with Crippen molar-refractivity contribution in [1.82, 2.24) is 14.5 Å². The molecule has 0 unspecified atom stereocenters. The van der Waals surface area contributed by atoms with Crippen LogP contribution in [0.1, 0.15) is 35.0 Å². The van der Waals surface area contributed by atoms with Crippen molar-refractivity contribution in [3.63, 3.8) is 0 Å². The highest BCUT2D eigenvalue weighted by molar-refractivity contribution is 7.18. The molecule has 4 aromatic rings. The van der Waals surface area contributed by atoms with Gasteiger partial charge in [0, 0.05) is 28.4 Å². The first-order chi connectivity index (χ1) is 14.9. The molecule has 0 saturated carbocycles. The Labute approximate surface area is 184 Å². The smallest absolute Gasteiger partial charge is 0.263 e. The number of pyridine rings is 1. The normalized spacial score (nSPS) is 11.2. The van der Waals surface area contributed by atoms with Gasteiger partial charge in [-0.1, -0.05) is 31.2 Å². The molecule has 0 saturated heterocycles. The zero-order chi connectivity index (χ0) is 22.1. The van der Waals surface area contributed by atoms with Crippen molar-refractivity contribution < 1.29 is 4.74 Å². The second kappa shape index (κ2) is 8.51. The number of aromatic amines is 1. The molecule has 0 bridgehead atoms. The number of nitrogens with one attached hydrogen (secondary N) is 1. The lowest BCUT2D eigenvalue weighted by Gasteiger charge is -2.15. The molecule has 160 valence electrons. The number of nitrogens with zero attached hydrogens (tertiary/aromatic N) is 2. The molecule has 3 heterocycles. The molecule has 1 N–H and O–H groups in total. The lowest BCUT2D eigenvalue weighted by molar-refractivity contribution is 0.313. The Bertz CT molecular complexity index is 1380. The van der Waals surface area contributed by atoms with E-state index in [0.29, 0.717) is 23.5 Å². The summed E-state index contributed by atoms with van der Waals surface area (Å²) in [6.07, 6.45) is 2.39. The third-order valence-electron chi connectivity index (χ3n) is 5.40. The van der Waals surface area contributed by atoms with Crippen molar-refractivity contribution in [3.8, 4) is 17.1 Å². The highest BCUT2D eigenvalue weighted by Crippen LogP contribution is 2.29. The first kappa shape index (κ1) is 21.1. The predicted molar refractivity (Wildman–Crippen MR) is 125 cm³/mol. The average Bonchev–Trinajstić information content (AvgIpc) is 3.03. The number of thiophene rings is 1. The highest BCUT2D eigenvalue weighted by Gasteiger charge is 2.19. The summed E-state index contributed by atoms with van der Waals surface area (Å²) in [5.41, 5.74) is 3.21. The maximum atomic E-state index is 13.6. The number of hydrogen-bond donors (Lipinski definition) is 1. The van der Waals surface area contributed by atoms with E-state index >= 15 is 0 Å². The number of rotatable bonds is 6. The van der Waals surface area contributed by atoms with Crippen LogP contribution in [0.3, 0.4) is 0 Å². The van der Waals surface area contributed by atoms with Gasteiger partial charge in [0.15, 0.2) is 5.75 Å². The zero-order valence-corrected chi connectivity index (χ0v) is 18.9. The molecule has 0 fully saturated rings. The topological polar surface area (TPSA) is 77.0 Å². The minimum Gasteiger partial charge on any atom is -0.488 e. The van der Waals surface area contributed by atoms with E-state index in [4.69, 9.17) is 9.72 Å². The molecule has 0 radical (unpaired) electrons. The Kier molecular flexibility index (Phi) is 5.78. The number of ether oxygens (including phenoxy) is 1. The van der Waals surface area contributed by atoms with Crippen molar-refractivity contribution >= 4 is 21.6 Å². The maximum Gasteiger partial charge on any atom is 0.263 e. The predicted octanol–water partition coefficient (Wildman–Crippen LogP) is 4.58. The van der Waals surface area contributed by atoms with Crippen molar-refractivity contribution in [1.29, 1.82) is 0 Å². The number of fused-ring (bicyclic) bond motifs is 1. The first-order valence-electron chi connectivity index (χ1n) is 10.3. The Hall–Kier alpha value is -3.19. The van der Waals surface area contributed by atoms with Crippen LogP contribution in [0.4, 0.5) is 0 Å². The molecule has 1 aromatic carbocycles. The van der Waals surface area contributed by atoms with Gasteiger partial charge >= 0.3 is 0 Å². The van der Waals surface area contributed by atoms with E-state index in [1.54, 1.807) is 10.8 Å². The van der Waals surface area contributed by atoms with Crippen molar-refractivity contribution in [2.24, 2.45) is 0 Å². The Balaban J connectivity index is 1.89. The monoisotopic (exact) mass is 435 g/mol. The van der Waals surface area contributed by atoms with Crippen LogP contribution in [0.5, 0.6) is 5.75 Å². The van der Waals surface area contributed by atoms with Crippen LogP contribution in [-0.2, 0) is 6.54 Å². The second-order valence-corrected chi connectivity index (χ2v) is 8.84. The summed E-state index contributed by atoms with van der Waals surface area (Å²) in [6.45, 7) is 8.64. The van der Waals surface area contributed by atoms with Gasteiger partial charge in [0.25, 0.3) is 5.56 Å². The summed E-state index contributed by atoms with van der Waals surface area (Å²) in [4.78, 5) is 35.9. The molecule has 7 heteroatoms. The minimum atomic E-state index is -0.204. The molecule has 0 aliphatic rings. The zero-order valence-electron chi connectivity index (χ0n) is 18.1. The van der Waals surface area contributed by atoms with Gasteiger partial charge in [-0.3, -0.25) is 14.2 Å². The fourth-order valence-corrected chi connectivity index (χ4v) is 4.61. The Morgan fingerprint density at radius 3 is 2.65 bits per heavy atom.